The maximum Gasteiger partial charge on any atom is 0.321 e. The van der Waals surface area contributed by atoms with Gasteiger partial charge in [-0.25, -0.2) is 0 Å². The molecule has 0 aromatic carbocycles. The van der Waals surface area contributed by atoms with Crippen molar-refractivity contribution in [3.63, 3.8) is 0 Å². The van der Waals surface area contributed by atoms with Crippen LogP contribution in [0.1, 0.15) is 36.2 Å². The van der Waals surface area contributed by atoms with Crippen LogP contribution in [0.15, 0.2) is 0 Å². The number of esters is 2. The summed E-state index contributed by atoms with van der Waals surface area (Å²) < 4.78 is 6.40. The summed E-state index contributed by atoms with van der Waals surface area (Å²) in [5, 5.41) is 4.33. The van der Waals surface area contributed by atoms with E-state index in [1.54, 1.807) is 0 Å². The molecule has 1 aliphatic rings. The van der Waals surface area contributed by atoms with Gasteiger partial charge in [0.25, 0.3) is 0 Å². The Hall–Kier alpha value is -1.65. The summed E-state index contributed by atoms with van der Waals surface area (Å²) in [5.74, 6) is -1.36. The van der Waals surface area contributed by atoms with Crippen molar-refractivity contribution in [2.24, 2.45) is 0 Å². The lowest BCUT2D eigenvalue weighted by atomic mass is 9.96. The van der Waals surface area contributed by atoms with Gasteiger partial charge in [-0.1, -0.05) is 0 Å². The van der Waals surface area contributed by atoms with Crippen molar-refractivity contribution in [3.05, 3.63) is 17.0 Å². The van der Waals surface area contributed by atoms with Crippen LogP contribution in [0, 0.1) is 13.8 Å². The fourth-order valence-electron chi connectivity index (χ4n) is 2.22. The van der Waals surface area contributed by atoms with E-state index in [2.05, 4.69) is 9.84 Å². The zero-order valence-corrected chi connectivity index (χ0v) is 9.61. The fourth-order valence-corrected chi connectivity index (χ4v) is 2.22. The molecule has 0 saturated carbocycles. The topological polar surface area (TPSA) is 61.2 Å². The number of carbonyl (C=O) groups excluding carboxylic acids is 2. The Morgan fingerprint density at radius 1 is 1.44 bits per heavy atom. The van der Waals surface area contributed by atoms with E-state index in [0.29, 0.717) is 0 Å². The molecule has 1 saturated heterocycles. The van der Waals surface area contributed by atoms with E-state index in [1.165, 1.54) is 0 Å². The first-order valence-corrected chi connectivity index (χ1v) is 5.33. The van der Waals surface area contributed by atoms with Crippen molar-refractivity contribution in [1.29, 1.82) is 0 Å². The first-order chi connectivity index (χ1) is 7.54. The monoisotopic (exact) mass is 222 g/mol. The number of nitrogens with zero attached hydrogens (tertiary/aromatic N) is 2. The van der Waals surface area contributed by atoms with Crippen LogP contribution in [-0.2, 0) is 20.9 Å². The molecule has 2 rings (SSSR count). The van der Waals surface area contributed by atoms with Gasteiger partial charge in [0, 0.05) is 17.8 Å². The Bertz CT molecular complexity index is 462. The minimum atomic E-state index is -0.465. The summed E-state index contributed by atoms with van der Waals surface area (Å²) in [4.78, 5) is 22.6. The number of hydrogen-bond acceptors (Lipinski definition) is 4. The van der Waals surface area contributed by atoms with Gasteiger partial charge in [0.05, 0.1) is 18.0 Å². The van der Waals surface area contributed by atoms with Crippen molar-refractivity contribution < 1.29 is 14.3 Å². The molecular weight excluding hydrogens is 208 g/mol. The molecule has 1 unspecified atom stereocenters. The molecule has 16 heavy (non-hydrogen) atoms. The van der Waals surface area contributed by atoms with E-state index in [1.807, 2.05) is 25.5 Å². The molecule has 1 atom stereocenters. The van der Waals surface area contributed by atoms with E-state index in [9.17, 15) is 9.59 Å². The second kappa shape index (κ2) is 3.73. The minimum absolute atomic E-state index is 0.135. The summed E-state index contributed by atoms with van der Waals surface area (Å²) in [5.41, 5.74) is 2.59. The molecule has 1 aliphatic heterocycles. The van der Waals surface area contributed by atoms with Gasteiger partial charge in [-0.05, 0) is 20.8 Å². The summed E-state index contributed by atoms with van der Waals surface area (Å²) >= 11 is 0. The van der Waals surface area contributed by atoms with E-state index in [-0.39, 0.29) is 6.42 Å². The van der Waals surface area contributed by atoms with Gasteiger partial charge in [0.2, 0.25) is 0 Å². The SMILES string of the molecule is CCn1nc(C)c(C2CC(=O)OC2=O)c1C. The van der Waals surface area contributed by atoms with E-state index in [4.69, 9.17) is 0 Å². The normalized spacial score (nSPS) is 20.3. The Labute approximate surface area is 93.4 Å². The fraction of sp³-hybridized carbons (Fsp3) is 0.545. The largest absolute Gasteiger partial charge is 0.393 e. The minimum Gasteiger partial charge on any atom is -0.393 e. The maximum absolute atomic E-state index is 11.5. The smallest absolute Gasteiger partial charge is 0.321 e. The second-order valence-corrected chi connectivity index (χ2v) is 3.95. The highest BCUT2D eigenvalue weighted by Gasteiger charge is 2.37. The molecule has 5 heteroatoms. The van der Waals surface area contributed by atoms with Crippen LogP contribution in [0.2, 0.25) is 0 Å². The molecule has 0 radical (unpaired) electrons. The standard InChI is InChI=1S/C11H14N2O3/c1-4-13-7(3)10(6(2)12-13)8-5-9(14)16-11(8)15/h8H,4-5H2,1-3H3. The number of ether oxygens (including phenoxy) is 1. The van der Waals surface area contributed by atoms with Gasteiger partial charge in [0.15, 0.2) is 0 Å². The van der Waals surface area contributed by atoms with Crippen LogP contribution in [0.5, 0.6) is 0 Å². The van der Waals surface area contributed by atoms with Gasteiger partial charge < -0.3 is 4.74 Å². The second-order valence-electron chi connectivity index (χ2n) is 3.95. The highest BCUT2D eigenvalue weighted by Crippen LogP contribution is 2.31. The summed E-state index contributed by atoms with van der Waals surface area (Å²) in [6, 6.07) is 0. The molecular formula is C11H14N2O3. The van der Waals surface area contributed by atoms with Crippen LogP contribution >= 0.6 is 0 Å². The lowest BCUT2D eigenvalue weighted by molar-refractivity contribution is -0.152. The van der Waals surface area contributed by atoms with Gasteiger partial charge in [-0.2, -0.15) is 5.10 Å². The zero-order chi connectivity index (χ0) is 11.9. The molecule has 86 valence electrons. The van der Waals surface area contributed by atoms with Crippen molar-refractivity contribution in [2.75, 3.05) is 0 Å². The highest BCUT2D eigenvalue weighted by molar-refractivity contribution is 5.98. The number of aryl methyl sites for hydroxylation is 2. The lowest BCUT2D eigenvalue weighted by Gasteiger charge is -2.05. The van der Waals surface area contributed by atoms with E-state index >= 15 is 0 Å². The molecule has 0 spiro atoms. The zero-order valence-electron chi connectivity index (χ0n) is 9.61. The third-order valence-corrected chi connectivity index (χ3v) is 2.96. The summed E-state index contributed by atoms with van der Waals surface area (Å²) in [6.45, 7) is 6.50. The van der Waals surface area contributed by atoms with Crippen LogP contribution in [0.3, 0.4) is 0 Å². The van der Waals surface area contributed by atoms with Gasteiger partial charge in [0.1, 0.15) is 0 Å². The quantitative estimate of drug-likeness (QED) is 0.555. The highest BCUT2D eigenvalue weighted by atomic mass is 16.6. The third-order valence-electron chi connectivity index (χ3n) is 2.96. The lowest BCUT2D eigenvalue weighted by Crippen LogP contribution is -2.08. The maximum atomic E-state index is 11.5. The average Bonchev–Trinajstić information content (AvgIpc) is 2.67. The predicted molar refractivity (Wildman–Crippen MR) is 55.8 cm³/mol. The number of hydrogen-bond donors (Lipinski definition) is 0. The van der Waals surface area contributed by atoms with Gasteiger partial charge in [-0.15, -0.1) is 0 Å². The van der Waals surface area contributed by atoms with Crippen molar-refractivity contribution >= 4 is 11.9 Å². The predicted octanol–water partition coefficient (Wildman–Crippen LogP) is 1.08. The first kappa shape index (κ1) is 10.9. The molecule has 5 nitrogen and oxygen atoms in total. The molecule has 0 aliphatic carbocycles. The molecule has 0 amide bonds. The molecule has 1 fully saturated rings. The van der Waals surface area contributed by atoms with Crippen LogP contribution in [-0.4, -0.2) is 21.7 Å². The first-order valence-electron chi connectivity index (χ1n) is 5.33. The van der Waals surface area contributed by atoms with Crippen LogP contribution in [0.25, 0.3) is 0 Å². The van der Waals surface area contributed by atoms with Crippen LogP contribution in [0.4, 0.5) is 0 Å². The summed E-state index contributed by atoms with van der Waals surface area (Å²) in [6.07, 6.45) is 0.135. The van der Waals surface area contributed by atoms with Crippen LogP contribution < -0.4 is 0 Å². The van der Waals surface area contributed by atoms with Crippen molar-refractivity contribution in [3.8, 4) is 0 Å². The van der Waals surface area contributed by atoms with E-state index in [0.717, 1.165) is 23.5 Å². The Morgan fingerprint density at radius 2 is 2.12 bits per heavy atom. The number of cyclic esters (lactones) is 2. The third kappa shape index (κ3) is 1.52. The van der Waals surface area contributed by atoms with E-state index < -0.39 is 17.9 Å². The molecule has 1 aromatic rings. The summed E-state index contributed by atoms with van der Waals surface area (Å²) in [7, 11) is 0. The van der Waals surface area contributed by atoms with Crippen molar-refractivity contribution in [1.82, 2.24) is 9.78 Å². The number of rotatable bonds is 2. The number of carbonyl (C=O) groups is 2. The Kier molecular flexibility index (Phi) is 2.53. The molecule has 1 aromatic heterocycles. The Balaban J connectivity index is 2.44. The van der Waals surface area contributed by atoms with Gasteiger partial charge >= 0.3 is 11.9 Å². The van der Waals surface area contributed by atoms with Crippen molar-refractivity contribution in [2.45, 2.75) is 39.7 Å². The number of aromatic nitrogens is 2. The molecule has 0 N–H and O–H groups in total. The average molecular weight is 222 g/mol. The molecule has 0 bridgehead atoms. The molecule has 2 heterocycles. The van der Waals surface area contributed by atoms with Gasteiger partial charge in [-0.3, -0.25) is 14.3 Å². The Morgan fingerprint density at radius 3 is 2.56 bits per heavy atom.